The topological polar surface area (TPSA) is 84.2 Å². The van der Waals surface area contributed by atoms with Gasteiger partial charge in [0.15, 0.2) is 0 Å². The van der Waals surface area contributed by atoms with E-state index in [1.807, 2.05) is 6.26 Å². The highest BCUT2D eigenvalue weighted by Crippen LogP contribution is 2.39. The van der Waals surface area contributed by atoms with Gasteiger partial charge in [-0.05, 0) is 19.1 Å². The van der Waals surface area contributed by atoms with Gasteiger partial charge in [-0.3, -0.25) is 4.68 Å². The fraction of sp³-hybridized carbons (Fsp3) is 0.750. The Morgan fingerprint density at radius 1 is 1.50 bits per heavy atom. The molecule has 0 radical (unpaired) electrons. The molecule has 0 aromatic carbocycles. The molecule has 0 amide bonds. The molecule has 1 fully saturated rings. The molecule has 1 aliphatic carbocycles. The number of hydrogen-bond acceptors (Lipinski definition) is 5. The standard InChI is InChI=1S/C12H21N3O3S2/c1-19-12(4-2-3-5-12)10-14-20(17,18)11-8-13-15(9-11)6-7-16/h8-9,14,16H,2-7,10H2,1H3. The molecule has 0 bridgehead atoms. The predicted molar refractivity (Wildman–Crippen MR) is 79.2 cm³/mol. The number of thioether (sulfide) groups is 1. The smallest absolute Gasteiger partial charge is 0.243 e. The van der Waals surface area contributed by atoms with E-state index >= 15 is 0 Å². The first-order valence-corrected chi connectivity index (χ1v) is 9.40. The third-order valence-corrected chi connectivity index (χ3v) is 6.56. The number of rotatable bonds is 7. The van der Waals surface area contributed by atoms with Gasteiger partial charge in [0, 0.05) is 17.5 Å². The van der Waals surface area contributed by atoms with E-state index in [0.29, 0.717) is 13.1 Å². The van der Waals surface area contributed by atoms with E-state index in [1.165, 1.54) is 17.1 Å². The third-order valence-electron chi connectivity index (χ3n) is 3.78. The van der Waals surface area contributed by atoms with Gasteiger partial charge in [-0.2, -0.15) is 16.9 Å². The van der Waals surface area contributed by atoms with E-state index in [2.05, 4.69) is 9.82 Å². The van der Waals surface area contributed by atoms with Gasteiger partial charge in [-0.1, -0.05) is 12.8 Å². The zero-order valence-corrected chi connectivity index (χ0v) is 13.2. The molecule has 1 aliphatic rings. The second-order valence-electron chi connectivity index (χ2n) is 5.08. The zero-order chi connectivity index (χ0) is 14.6. The fourth-order valence-corrected chi connectivity index (χ4v) is 4.57. The van der Waals surface area contributed by atoms with Crippen LogP contribution in [0.2, 0.25) is 0 Å². The first-order valence-electron chi connectivity index (χ1n) is 6.69. The molecule has 6 nitrogen and oxygen atoms in total. The largest absolute Gasteiger partial charge is 0.394 e. The van der Waals surface area contributed by atoms with Gasteiger partial charge in [0.2, 0.25) is 10.0 Å². The Kier molecular flexibility index (Phi) is 5.11. The number of nitrogens with zero attached hydrogens (tertiary/aromatic N) is 2. The number of hydrogen-bond donors (Lipinski definition) is 2. The van der Waals surface area contributed by atoms with Gasteiger partial charge in [-0.15, -0.1) is 0 Å². The zero-order valence-electron chi connectivity index (χ0n) is 11.6. The van der Waals surface area contributed by atoms with Crippen molar-refractivity contribution < 1.29 is 13.5 Å². The normalized spacial score (nSPS) is 18.5. The first-order chi connectivity index (χ1) is 9.51. The average Bonchev–Trinajstić information content (AvgIpc) is 3.07. The molecule has 114 valence electrons. The lowest BCUT2D eigenvalue weighted by Gasteiger charge is -2.26. The van der Waals surface area contributed by atoms with Gasteiger partial charge in [-0.25, -0.2) is 13.1 Å². The van der Waals surface area contributed by atoms with Gasteiger partial charge < -0.3 is 5.11 Å². The van der Waals surface area contributed by atoms with Crippen LogP contribution in [0.25, 0.3) is 0 Å². The van der Waals surface area contributed by atoms with Crippen LogP contribution in [0.5, 0.6) is 0 Å². The van der Waals surface area contributed by atoms with Crippen molar-refractivity contribution in [1.29, 1.82) is 0 Å². The van der Waals surface area contributed by atoms with Crippen LogP contribution in [-0.4, -0.2) is 47.5 Å². The molecule has 2 N–H and O–H groups in total. The number of nitrogens with one attached hydrogen (secondary N) is 1. The molecule has 0 spiro atoms. The molecule has 0 unspecified atom stereocenters. The summed E-state index contributed by atoms with van der Waals surface area (Å²) in [6.45, 7) is 0.691. The molecule has 0 aliphatic heterocycles. The van der Waals surface area contributed by atoms with E-state index in [4.69, 9.17) is 5.11 Å². The van der Waals surface area contributed by atoms with Crippen LogP contribution >= 0.6 is 11.8 Å². The maximum atomic E-state index is 12.2. The van der Waals surface area contributed by atoms with E-state index in [9.17, 15) is 8.42 Å². The molecule has 20 heavy (non-hydrogen) atoms. The van der Waals surface area contributed by atoms with Crippen molar-refractivity contribution in [2.24, 2.45) is 0 Å². The minimum atomic E-state index is -3.52. The summed E-state index contributed by atoms with van der Waals surface area (Å²) < 4.78 is 28.6. The lowest BCUT2D eigenvalue weighted by Crippen LogP contribution is -2.38. The van der Waals surface area contributed by atoms with E-state index in [0.717, 1.165) is 25.7 Å². The van der Waals surface area contributed by atoms with Crippen LogP contribution in [0.1, 0.15) is 25.7 Å². The van der Waals surface area contributed by atoms with Crippen molar-refractivity contribution in [3.63, 3.8) is 0 Å². The minimum Gasteiger partial charge on any atom is -0.394 e. The highest BCUT2D eigenvalue weighted by molar-refractivity contribution is 8.00. The second-order valence-corrected chi connectivity index (χ2v) is 8.12. The predicted octanol–water partition coefficient (Wildman–Crippen LogP) is 0.829. The number of aliphatic hydroxyl groups is 1. The summed E-state index contributed by atoms with van der Waals surface area (Å²) in [6.07, 6.45) is 9.24. The van der Waals surface area contributed by atoms with Crippen LogP contribution in [0.4, 0.5) is 0 Å². The molecule has 8 heteroatoms. The van der Waals surface area contributed by atoms with Crippen LogP contribution in [0.15, 0.2) is 17.3 Å². The highest BCUT2D eigenvalue weighted by Gasteiger charge is 2.34. The molecular formula is C12H21N3O3S2. The molecule has 1 saturated carbocycles. The summed E-state index contributed by atoms with van der Waals surface area (Å²) in [5.74, 6) is 0. The number of aliphatic hydroxyl groups excluding tert-OH is 1. The molecule has 1 aromatic heterocycles. The van der Waals surface area contributed by atoms with E-state index in [1.54, 1.807) is 11.8 Å². The number of aromatic nitrogens is 2. The summed E-state index contributed by atoms with van der Waals surface area (Å²) in [4.78, 5) is 0.153. The Balaban J connectivity index is 2.03. The van der Waals surface area contributed by atoms with Crippen molar-refractivity contribution in [2.45, 2.75) is 41.9 Å². The first kappa shape index (κ1) is 15.8. The van der Waals surface area contributed by atoms with Crippen molar-refractivity contribution >= 4 is 21.8 Å². The van der Waals surface area contributed by atoms with E-state index < -0.39 is 10.0 Å². The van der Waals surface area contributed by atoms with Crippen LogP contribution in [-0.2, 0) is 16.6 Å². The lowest BCUT2D eigenvalue weighted by atomic mass is 10.1. The van der Waals surface area contributed by atoms with E-state index in [-0.39, 0.29) is 16.2 Å². The summed E-state index contributed by atoms with van der Waals surface area (Å²) in [6, 6.07) is 0. The quantitative estimate of drug-likeness (QED) is 0.778. The maximum Gasteiger partial charge on any atom is 0.243 e. The second kappa shape index (κ2) is 6.46. The highest BCUT2D eigenvalue weighted by atomic mass is 32.2. The van der Waals surface area contributed by atoms with Gasteiger partial charge in [0.05, 0.1) is 19.3 Å². The molecular weight excluding hydrogens is 298 g/mol. The SMILES string of the molecule is CSC1(CNS(=O)(=O)c2cnn(CCO)c2)CCCC1. The van der Waals surface area contributed by atoms with Crippen LogP contribution < -0.4 is 4.72 Å². The van der Waals surface area contributed by atoms with Crippen molar-refractivity contribution in [3.8, 4) is 0 Å². The Bertz CT molecular complexity index is 536. The third kappa shape index (κ3) is 3.55. The van der Waals surface area contributed by atoms with Crippen molar-refractivity contribution in [3.05, 3.63) is 12.4 Å². The number of sulfonamides is 1. The summed E-state index contributed by atoms with van der Waals surface area (Å²) >= 11 is 1.75. The summed E-state index contributed by atoms with van der Waals surface area (Å²) in [7, 11) is -3.52. The molecule has 1 heterocycles. The van der Waals surface area contributed by atoms with Gasteiger partial charge >= 0.3 is 0 Å². The molecule has 2 rings (SSSR count). The Hall–Kier alpha value is -0.570. The molecule has 0 atom stereocenters. The minimum absolute atomic E-state index is 0.0359. The molecule has 0 saturated heterocycles. The van der Waals surface area contributed by atoms with Crippen molar-refractivity contribution in [1.82, 2.24) is 14.5 Å². The summed E-state index contributed by atoms with van der Waals surface area (Å²) in [5, 5.41) is 12.7. The Morgan fingerprint density at radius 3 is 2.80 bits per heavy atom. The monoisotopic (exact) mass is 319 g/mol. The molecule has 1 aromatic rings. The van der Waals surface area contributed by atoms with Crippen molar-refractivity contribution in [2.75, 3.05) is 19.4 Å². The Labute approximate surface area is 124 Å². The van der Waals surface area contributed by atoms with Crippen LogP contribution in [0, 0.1) is 0 Å². The van der Waals surface area contributed by atoms with Crippen LogP contribution in [0.3, 0.4) is 0 Å². The van der Waals surface area contributed by atoms with Gasteiger partial charge in [0.25, 0.3) is 0 Å². The lowest BCUT2D eigenvalue weighted by molar-refractivity contribution is 0.269. The van der Waals surface area contributed by atoms with Gasteiger partial charge in [0.1, 0.15) is 4.90 Å². The average molecular weight is 319 g/mol. The fourth-order valence-electron chi connectivity index (χ4n) is 2.49. The maximum absolute atomic E-state index is 12.2. The summed E-state index contributed by atoms with van der Waals surface area (Å²) in [5.41, 5.74) is 0. The Morgan fingerprint density at radius 2 is 2.20 bits per heavy atom.